The first-order valence-corrected chi connectivity index (χ1v) is 14.4. The lowest BCUT2D eigenvalue weighted by atomic mass is 9.98. The molecule has 0 bridgehead atoms. The number of fused-ring (bicyclic) bond motifs is 1. The zero-order chi connectivity index (χ0) is 29.6. The molecule has 3 N–H and O–H groups in total. The molecule has 1 amide bonds. The average Bonchev–Trinajstić information content (AvgIpc) is 3.54. The van der Waals surface area contributed by atoms with Crippen LogP contribution in [0.2, 0.25) is 5.02 Å². The number of hydrogen-bond donors (Lipinski definition) is 3. The van der Waals surface area contributed by atoms with Crippen molar-refractivity contribution >= 4 is 34.4 Å². The molecule has 7 nitrogen and oxygen atoms in total. The monoisotopic (exact) mass is 586 g/mol. The summed E-state index contributed by atoms with van der Waals surface area (Å²) >= 11 is 6.33. The largest absolute Gasteiger partial charge is 0.481 e. The van der Waals surface area contributed by atoms with Gasteiger partial charge in [-0.3, -0.25) is 14.3 Å². The van der Waals surface area contributed by atoms with E-state index in [-0.39, 0.29) is 18.1 Å². The van der Waals surface area contributed by atoms with Crippen molar-refractivity contribution in [1.82, 2.24) is 20.1 Å². The minimum absolute atomic E-state index is 0.153. The smallest absolute Gasteiger partial charge is 0.303 e. The SMILES string of the molecule is Cc1ccc(Cn2ncc(-c3ccc(F)cc3)c2-c2c(C(=O)NCCCCCCC(=O)O)[nH]c3cc(Cl)ccc23)cc1. The summed E-state index contributed by atoms with van der Waals surface area (Å²) in [5, 5.41) is 17.9. The highest BCUT2D eigenvalue weighted by atomic mass is 35.5. The molecule has 2 heterocycles. The van der Waals surface area contributed by atoms with Crippen molar-refractivity contribution in [2.45, 2.75) is 45.6 Å². The highest BCUT2D eigenvalue weighted by molar-refractivity contribution is 6.31. The van der Waals surface area contributed by atoms with E-state index in [0.717, 1.165) is 52.6 Å². The van der Waals surface area contributed by atoms with E-state index in [0.29, 0.717) is 41.3 Å². The van der Waals surface area contributed by atoms with E-state index in [1.165, 1.54) is 12.1 Å². The number of carbonyl (C=O) groups excluding carboxylic acids is 1. The van der Waals surface area contributed by atoms with Gasteiger partial charge in [0.2, 0.25) is 0 Å². The minimum Gasteiger partial charge on any atom is -0.481 e. The van der Waals surface area contributed by atoms with Gasteiger partial charge in [-0.25, -0.2) is 4.39 Å². The second-order valence-corrected chi connectivity index (χ2v) is 10.9. The fraction of sp³-hybridized carbons (Fsp3) is 0.242. The van der Waals surface area contributed by atoms with E-state index in [1.54, 1.807) is 30.5 Å². The van der Waals surface area contributed by atoms with E-state index < -0.39 is 5.97 Å². The number of carbonyl (C=O) groups is 2. The normalized spacial score (nSPS) is 11.2. The number of aromatic amines is 1. The van der Waals surface area contributed by atoms with Crippen LogP contribution in [0.4, 0.5) is 4.39 Å². The van der Waals surface area contributed by atoms with Gasteiger partial charge in [0, 0.05) is 40.0 Å². The predicted molar refractivity (Wildman–Crippen MR) is 163 cm³/mol. The lowest BCUT2D eigenvalue weighted by molar-refractivity contribution is -0.137. The lowest BCUT2D eigenvalue weighted by Crippen LogP contribution is -2.25. The first kappa shape index (κ1) is 29.1. The maximum absolute atomic E-state index is 13.9. The Bertz CT molecular complexity index is 1710. The lowest BCUT2D eigenvalue weighted by Gasteiger charge is -2.13. The molecular weight excluding hydrogens is 555 g/mol. The summed E-state index contributed by atoms with van der Waals surface area (Å²) in [5.41, 5.74) is 6.26. The Labute approximate surface area is 248 Å². The van der Waals surface area contributed by atoms with Gasteiger partial charge in [0.15, 0.2) is 0 Å². The van der Waals surface area contributed by atoms with Crippen molar-refractivity contribution in [2.75, 3.05) is 6.54 Å². The number of carboxylic acids is 1. The van der Waals surface area contributed by atoms with E-state index in [1.807, 2.05) is 29.8 Å². The zero-order valence-electron chi connectivity index (χ0n) is 23.3. The molecule has 0 saturated carbocycles. The second kappa shape index (κ2) is 13.0. The van der Waals surface area contributed by atoms with Crippen molar-refractivity contribution < 1.29 is 19.1 Å². The Kier molecular flexibility index (Phi) is 9.03. The molecule has 9 heteroatoms. The van der Waals surface area contributed by atoms with Crippen LogP contribution in [-0.4, -0.2) is 38.3 Å². The molecular formula is C33H32ClFN4O3. The molecule has 3 aromatic carbocycles. The standard InChI is InChI=1S/C33H32ClFN4O3/c1-21-7-9-22(10-8-21)20-39-32(27(19-37-39)23-11-14-25(35)15-12-23)30-26-16-13-24(34)18-28(26)38-31(30)33(42)36-17-5-3-2-4-6-29(40)41/h7-16,18-19,38H,2-6,17,20H2,1H3,(H,36,42)(H,40,41). The van der Waals surface area contributed by atoms with Gasteiger partial charge in [-0.1, -0.05) is 72.5 Å². The minimum atomic E-state index is -0.795. The van der Waals surface area contributed by atoms with Gasteiger partial charge in [0.05, 0.1) is 18.4 Å². The van der Waals surface area contributed by atoms with Crippen molar-refractivity contribution in [3.63, 3.8) is 0 Å². The van der Waals surface area contributed by atoms with Gasteiger partial charge in [-0.05, 0) is 55.2 Å². The van der Waals surface area contributed by atoms with E-state index in [2.05, 4.69) is 22.4 Å². The van der Waals surface area contributed by atoms with Crippen LogP contribution in [0.1, 0.15) is 53.7 Å². The van der Waals surface area contributed by atoms with Crippen LogP contribution < -0.4 is 5.32 Å². The van der Waals surface area contributed by atoms with Crippen molar-refractivity contribution in [2.24, 2.45) is 0 Å². The van der Waals surface area contributed by atoms with Crippen LogP contribution in [0.5, 0.6) is 0 Å². The number of aliphatic carboxylic acids is 1. The summed E-state index contributed by atoms with van der Waals surface area (Å²) < 4.78 is 15.7. The first-order chi connectivity index (χ1) is 20.3. The van der Waals surface area contributed by atoms with Crippen LogP contribution in [0.25, 0.3) is 33.3 Å². The van der Waals surface area contributed by atoms with Gasteiger partial charge < -0.3 is 15.4 Å². The molecule has 0 unspecified atom stereocenters. The molecule has 0 aliphatic heterocycles. The number of nitrogens with one attached hydrogen (secondary N) is 2. The number of halogens is 2. The number of carboxylic acid groups (broad SMARTS) is 1. The average molecular weight is 587 g/mol. The summed E-state index contributed by atoms with van der Waals surface area (Å²) in [6.07, 6.45) is 4.87. The van der Waals surface area contributed by atoms with Crippen molar-refractivity contribution in [3.8, 4) is 22.4 Å². The Morgan fingerprint density at radius 3 is 2.48 bits per heavy atom. The molecule has 5 aromatic rings. The molecule has 0 spiro atoms. The van der Waals surface area contributed by atoms with Crippen LogP contribution >= 0.6 is 11.6 Å². The number of amides is 1. The Morgan fingerprint density at radius 1 is 1.00 bits per heavy atom. The Hall–Kier alpha value is -4.43. The van der Waals surface area contributed by atoms with Crippen LogP contribution in [-0.2, 0) is 11.3 Å². The number of aromatic nitrogens is 3. The maximum Gasteiger partial charge on any atom is 0.303 e. The summed E-state index contributed by atoms with van der Waals surface area (Å²) in [6, 6.07) is 19.9. The molecule has 216 valence electrons. The highest BCUT2D eigenvalue weighted by Crippen LogP contribution is 2.40. The first-order valence-electron chi connectivity index (χ1n) is 14.0. The number of aryl methyl sites for hydroxylation is 1. The van der Waals surface area contributed by atoms with Gasteiger partial charge in [-0.15, -0.1) is 0 Å². The van der Waals surface area contributed by atoms with Gasteiger partial charge in [-0.2, -0.15) is 5.10 Å². The van der Waals surface area contributed by atoms with E-state index in [4.69, 9.17) is 21.8 Å². The van der Waals surface area contributed by atoms with Crippen LogP contribution in [0.15, 0.2) is 72.9 Å². The number of H-pyrrole nitrogens is 1. The molecule has 42 heavy (non-hydrogen) atoms. The second-order valence-electron chi connectivity index (χ2n) is 10.4. The third kappa shape index (κ3) is 6.71. The fourth-order valence-corrected chi connectivity index (χ4v) is 5.28. The molecule has 2 aromatic heterocycles. The molecule has 0 fully saturated rings. The number of benzene rings is 3. The maximum atomic E-state index is 13.9. The quantitative estimate of drug-likeness (QED) is 0.131. The van der Waals surface area contributed by atoms with Gasteiger partial charge in [0.1, 0.15) is 11.5 Å². The van der Waals surface area contributed by atoms with Crippen molar-refractivity contribution in [3.05, 3.63) is 101 Å². The molecule has 0 atom stereocenters. The molecule has 0 radical (unpaired) electrons. The Balaban J connectivity index is 1.54. The third-order valence-corrected chi connectivity index (χ3v) is 7.51. The number of unbranched alkanes of at least 4 members (excludes halogenated alkanes) is 3. The molecule has 0 aliphatic rings. The molecule has 0 aliphatic carbocycles. The summed E-state index contributed by atoms with van der Waals surface area (Å²) in [5.74, 6) is -1.40. The van der Waals surface area contributed by atoms with E-state index >= 15 is 0 Å². The van der Waals surface area contributed by atoms with Crippen molar-refractivity contribution in [1.29, 1.82) is 0 Å². The van der Waals surface area contributed by atoms with Gasteiger partial charge in [0.25, 0.3) is 5.91 Å². The molecule has 5 rings (SSSR count). The zero-order valence-corrected chi connectivity index (χ0v) is 24.0. The number of rotatable bonds is 12. The fourth-order valence-electron chi connectivity index (χ4n) is 5.11. The molecule has 0 saturated heterocycles. The van der Waals surface area contributed by atoms with E-state index in [9.17, 15) is 14.0 Å². The summed E-state index contributed by atoms with van der Waals surface area (Å²) in [7, 11) is 0. The summed E-state index contributed by atoms with van der Waals surface area (Å²) in [4.78, 5) is 27.7. The Morgan fingerprint density at radius 2 is 1.74 bits per heavy atom. The highest BCUT2D eigenvalue weighted by Gasteiger charge is 2.26. The number of hydrogen-bond acceptors (Lipinski definition) is 3. The van der Waals surface area contributed by atoms with Crippen LogP contribution in [0, 0.1) is 12.7 Å². The third-order valence-electron chi connectivity index (χ3n) is 7.28. The number of nitrogens with zero attached hydrogens (tertiary/aromatic N) is 2. The predicted octanol–water partition coefficient (Wildman–Crippen LogP) is 7.61. The topological polar surface area (TPSA) is 100 Å². The van der Waals surface area contributed by atoms with Crippen LogP contribution in [0.3, 0.4) is 0 Å². The summed E-state index contributed by atoms with van der Waals surface area (Å²) in [6.45, 7) is 2.96. The van der Waals surface area contributed by atoms with Gasteiger partial charge >= 0.3 is 5.97 Å².